The van der Waals surface area contributed by atoms with Crippen LogP contribution in [0.15, 0.2) is 56.7 Å². The molecule has 0 aliphatic rings. The Hall–Kier alpha value is -3.55. The molecule has 176 valence electrons. The number of H-pyrrole nitrogens is 1. The van der Waals surface area contributed by atoms with Gasteiger partial charge in [0.15, 0.2) is 5.69 Å². The second-order valence-electron chi connectivity index (χ2n) is 8.15. The quantitative estimate of drug-likeness (QED) is 0.461. The van der Waals surface area contributed by atoms with E-state index in [1.807, 2.05) is 31.2 Å². The summed E-state index contributed by atoms with van der Waals surface area (Å²) in [5.74, 6) is 0.168. The van der Waals surface area contributed by atoms with Gasteiger partial charge in [-0.25, -0.2) is 4.79 Å². The number of furan rings is 1. The first-order valence-corrected chi connectivity index (χ1v) is 11.5. The zero-order valence-corrected chi connectivity index (χ0v) is 19.3. The average molecular weight is 453 g/mol. The van der Waals surface area contributed by atoms with Gasteiger partial charge in [0.05, 0.1) is 19.2 Å². The number of aromatic amines is 1. The van der Waals surface area contributed by atoms with Gasteiger partial charge in [0, 0.05) is 6.54 Å². The third kappa shape index (κ3) is 6.03. The summed E-state index contributed by atoms with van der Waals surface area (Å²) in [6.45, 7) is 4.53. The Labute approximate surface area is 193 Å². The summed E-state index contributed by atoms with van der Waals surface area (Å²) in [5, 5.41) is 0. The van der Waals surface area contributed by atoms with Crippen LogP contribution < -0.4 is 21.9 Å². The van der Waals surface area contributed by atoms with Gasteiger partial charge in [0.25, 0.3) is 5.56 Å². The molecule has 0 spiro atoms. The highest BCUT2D eigenvalue weighted by Crippen LogP contribution is 2.22. The molecule has 0 radical (unpaired) electrons. The summed E-state index contributed by atoms with van der Waals surface area (Å²) in [6.07, 6.45) is 6.39. The number of carbonyl (C=O) groups is 1. The predicted molar refractivity (Wildman–Crippen MR) is 129 cm³/mol. The lowest BCUT2D eigenvalue weighted by molar-refractivity contribution is -0.118. The van der Waals surface area contributed by atoms with Gasteiger partial charge in [-0.05, 0) is 42.5 Å². The molecule has 0 fully saturated rings. The third-order valence-corrected chi connectivity index (χ3v) is 5.61. The molecule has 3 rings (SSSR count). The molecule has 2 heterocycles. The lowest BCUT2D eigenvalue weighted by atomic mass is 10.0. The molecule has 3 aromatic rings. The number of nitrogens with one attached hydrogen (secondary N) is 1. The normalized spacial score (nSPS) is 11.0. The van der Waals surface area contributed by atoms with Gasteiger partial charge in [-0.1, -0.05) is 51.0 Å². The Bertz CT molecular complexity index is 1160. The van der Waals surface area contributed by atoms with Crippen LogP contribution in [-0.4, -0.2) is 15.5 Å². The van der Waals surface area contributed by atoms with Gasteiger partial charge < -0.3 is 10.2 Å². The highest BCUT2D eigenvalue weighted by atomic mass is 16.3. The molecule has 2 aromatic heterocycles. The number of hydrogen-bond donors (Lipinski definition) is 2. The highest BCUT2D eigenvalue weighted by Gasteiger charge is 2.25. The number of rotatable bonds is 11. The first-order valence-electron chi connectivity index (χ1n) is 11.5. The fraction of sp³-hybridized carbons (Fsp3) is 0.400. The van der Waals surface area contributed by atoms with Gasteiger partial charge in [0.2, 0.25) is 5.91 Å². The van der Waals surface area contributed by atoms with Crippen molar-refractivity contribution < 1.29 is 9.21 Å². The number of benzene rings is 1. The molecular formula is C25H32N4O4. The van der Waals surface area contributed by atoms with E-state index in [0.29, 0.717) is 18.7 Å². The van der Waals surface area contributed by atoms with Crippen molar-refractivity contribution in [3.8, 4) is 0 Å². The minimum Gasteiger partial charge on any atom is -0.467 e. The maximum absolute atomic E-state index is 13.4. The highest BCUT2D eigenvalue weighted by molar-refractivity contribution is 5.96. The largest absolute Gasteiger partial charge is 0.467 e. The van der Waals surface area contributed by atoms with E-state index < -0.39 is 11.2 Å². The molecule has 0 bridgehead atoms. The monoisotopic (exact) mass is 452 g/mol. The van der Waals surface area contributed by atoms with E-state index in [1.165, 1.54) is 21.3 Å². The van der Waals surface area contributed by atoms with E-state index in [9.17, 15) is 14.4 Å². The Morgan fingerprint density at radius 1 is 1.06 bits per heavy atom. The van der Waals surface area contributed by atoms with Crippen LogP contribution in [0.3, 0.4) is 0 Å². The molecule has 0 aliphatic carbocycles. The summed E-state index contributed by atoms with van der Waals surface area (Å²) in [5.41, 5.74) is 7.02. The summed E-state index contributed by atoms with van der Waals surface area (Å²) in [7, 11) is 0. The third-order valence-electron chi connectivity index (χ3n) is 5.61. The van der Waals surface area contributed by atoms with Crippen molar-refractivity contribution in [2.75, 3.05) is 10.6 Å². The van der Waals surface area contributed by atoms with E-state index >= 15 is 0 Å². The molecule has 0 unspecified atom stereocenters. The molecule has 0 atom stereocenters. The summed E-state index contributed by atoms with van der Waals surface area (Å²) in [6, 6.07) is 11.4. The lowest BCUT2D eigenvalue weighted by Gasteiger charge is -2.24. The van der Waals surface area contributed by atoms with Gasteiger partial charge in [-0.15, -0.1) is 0 Å². The maximum atomic E-state index is 13.4. The number of nitrogens with zero attached hydrogens (tertiary/aromatic N) is 2. The number of carbonyl (C=O) groups excluding carboxylic acids is 1. The van der Waals surface area contributed by atoms with Crippen molar-refractivity contribution in [1.82, 2.24) is 9.55 Å². The summed E-state index contributed by atoms with van der Waals surface area (Å²) in [4.78, 5) is 42.1. The van der Waals surface area contributed by atoms with Crippen molar-refractivity contribution in [2.45, 2.75) is 65.5 Å². The van der Waals surface area contributed by atoms with E-state index in [0.717, 1.165) is 31.2 Å². The molecule has 0 aliphatic heterocycles. The average Bonchev–Trinajstić information content (AvgIpc) is 3.31. The van der Waals surface area contributed by atoms with Crippen molar-refractivity contribution in [1.29, 1.82) is 0 Å². The van der Waals surface area contributed by atoms with E-state index in [1.54, 1.807) is 12.1 Å². The molecule has 33 heavy (non-hydrogen) atoms. The second-order valence-corrected chi connectivity index (χ2v) is 8.15. The SMILES string of the molecule is CCCCc1ccc(CC(=O)N(Cc2ccco2)c2c(N)n(CCCC)c(=O)[nH]c2=O)cc1. The number of aryl methyl sites for hydroxylation is 1. The van der Waals surface area contributed by atoms with Crippen LogP contribution in [0.4, 0.5) is 11.5 Å². The smallest absolute Gasteiger partial charge is 0.330 e. The van der Waals surface area contributed by atoms with Gasteiger partial charge in [-0.3, -0.25) is 24.0 Å². The van der Waals surface area contributed by atoms with Crippen molar-refractivity contribution in [2.24, 2.45) is 0 Å². The van der Waals surface area contributed by atoms with Gasteiger partial charge >= 0.3 is 5.69 Å². The number of anilines is 2. The Kier molecular flexibility index (Phi) is 8.29. The van der Waals surface area contributed by atoms with Crippen molar-refractivity contribution in [3.05, 3.63) is 80.4 Å². The van der Waals surface area contributed by atoms with Crippen molar-refractivity contribution >= 4 is 17.4 Å². The molecule has 3 N–H and O–H groups in total. The topological polar surface area (TPSA) is 114 Å². The molecule has 0 saturated heterocycles. The lowest BCUT2D eigenvalue weighted by Crippen LogP contribution is -2.41. The van der Waals surface area contributed by atoms with Crippen LogP contribution >= 0.6 is 0 Å². The van der Waals surface area contributed by atoms with E-state index in [-0.39, 0.29) is 30.4 Å². The zero-order valence-electron chi connectivity index (χ0n) is 19.3. The summed E-state index contributed by atoms with van der Waals surface area (Å²) < 4.78 is 6.73. The Balaban J connectivity index is 1.94. The molecule has 1 aromatic carbocycles. The minimum absolute atomic E-state index is 0.0213. The van der Waals surface area contributed by atoms with Crippen LogP contribution in [0.1, 0.15) is 56.4 Å². The number of unbranched alkanes of at least 4 members (excludes halogenated alkanes) is 2. The Morgan fingerprint density at radius 2 is 1.76 bits per heavy atom. The number of nitrogen functional groups attached to an aromatic ring is 1. The van der Waals surface area contributed by atoms with Gasteiger partial charge in [-0.2, -0.15) is 0 Å². The number of hydrogen-bond acceptors (Lipinski definition) is 5. The standard InChI is InChI=1S/C25H32N4O4/c1-3-5-8-18-10-12-19(13-11-18)16-21(30)29(17-20-9-7-15-33-20)22-23(26)28(14-6-4-2)25(32)27-24(22)31/h7,9-13,15H,3-6,8,14,16-17,26H2,1-2H3,(H,27,31,32). The predicted octanol–water partition coefficient (Wildman–Crippen LogP) is 3.63. The maximum Gasteiger partial charge on any atom is 0.330 e. The first-order chi connectivity index (χ1) is 15.9. The molecular weight excluding hydrogens is 420 g/mol. The Morgan fingerprint density at radius 3 is 2.39 bits per heavy atom. The van der Waals surface area contributed by atoms with Crippen LogP contribution in [0, 0.1) is 0 Å². The second kappa shape index (κ2) is 11.4. The van der Waals surface area contributed by atoms with E-state index in [2.05, 4.69) is 11.9 Å². The molecule has 8 nitrogen and oxygen atoms in total. The fourth-order valence-electron chi connectivity index (χ4n) is 3.70. The van der Waals surface area contributed by atoms with Crippen LogP contribution in [0.2, 0.25) is 0 Å². The molecule has 1 amide bonds. The van der Waals surface area contributed by atoms with Crippen LogP contribution in [0.25, 0.3) is 0 Å². The van der Waals surface area contributed by atoms with Gasteiger partial charge in [0.1, 0.15) is 11.6 Å². The number of nitrogens with two attached hydrogens (primary N) is 1. The molecule has 0 saturated carbocycles. The van der Waals surface area contributed by atoms with E-state index in [4.69, 9.17) is 10.2 Å². The zero-order chi connectivity index (χ0) is 23.8. The van der Waals surface area contributed by atoms with Crippen molar-refractivity contribution in [3.63, 3.8) is 0 Å². The number of amides is 1. The minimum atomic E-state index is -0.694. The fourth-order valence-corrected chi connectivity index (χ4v) is 3.70. The first kappa shape index (κ1) is 24.1. The molecule has 8 heteroatoms. The number of aromatic nitrogens is 2. The summed E-state index contributed by atoms with van der Waals surface area (Å²) >= 11 is 0. The van der Waals surface area contributed by atoms with Crippen LogP contribution in [0.5, 0.6) is 0 Å². The van der Waals surface area contributed by atoms with Crippen LogP contribution in [-0.2, 0) is 30.7 Å².